The maximum absolute atomic E-state index is 9.10. The molecule has 4 rings (SSSR count). The van der Waals surface area contributed by atoms with Crippen LogP contribution < -0.4 is 14.8 Å². The van der Waals surface area contributed by atoms with E-state index in [0.717, 1.165) is 37.6 Å². The number of para-hydroxylation sites is 1. The van der Waals surface area contributed by atoms with Crippen LogP contribution in [-0.2, 0) is 29.1 Å². The van der Waals surface area contributed by atoms with Gasteiger partial charge in [0.15, 0.2) is 11.5 Å². The number of carboxylic acids is 2. The number of rotatable bonds is 8. The lowest BCUT2D eigenvalue weighted by Crippen LogP contribution is -2.16. The summed E-state index contributed by atoms with van der Waals surface area (Å²) in [4.78, 5) is 18.2. The highest BCUT2D eigenvalue weighted by Crippen LogP contribution is 2.30. The second-order valence-electron chi connectivity index (χ2n) is 7.84. The fourth-order valence-corrected chi connectivity index (χ4v) is 4.05. The van der Waals surface area contributed by atoms with Crippen LogP contribution >= 0.6 is 0 Å². The lowest BCUT2D eigenvalue weighted by Gasteiger charge is -2.10. The Morgan fingerprint density at radius 1 is 0.829 bits per heavy atom. The summed E-state index contributed by atoms with van der Waals surface area (Å²) in [7, 11) is 3.33. The molecule has 0 radical (unpaired) electrons. The van der Waals surface area contributed by atoms with Crippen molar-refractivity contribution < 1.29 is 29.3 Å². The van der Waals surface area contributed by atoms with Gasteiger partial charge in [0.05, 0.1) is 14.2 Å². The minimum Gasteiger partial charge on any atom is -0.493 e. The zero-order valence-electron chi connectivity index (χ0n) is 20.1. The number of nitrogens with one attached hydrogen (secondary N) is 1. The Balaban J connectivity index is 0.000000509. The summed E-state index contributed by atoms with van der Waals surface area (Å²) in [5.41, 5.74) is 5.16. The molecule has 0 aliphatic rings. The number of carbonyl (C=O) groups is 2. The lowest BCUT2D eigenvalue weighted by molar-refractivity contribution is -0.159. The Kier molecular flexibility index (Phi) is 8.69. The van der Waals surface area contributed by atoms with E-state index in [9.17, 15) is 0 Å². The van der Waals surface area contributed by atoms with Gasteiger partial charge in [0.1, 0.15) is 0 Å². The number of carboxylic acid groups (broad SMARTS) is 2. The molecule has 8 nitrogen and oxygen atoms in total. The first-order chi connectivity index (χ1) is 16.9. The molecule has 0 saturated carbocycles. The van der Waals surface area contributed by atoms with E-state index in [1.807, 2.05) is 12.1 Å². The van der Waals surface area contributed by atoms with Crippen LogP contribution in [0.3, 0.4) is 0 Å². The fourth-order valence-electron chi connectivity index (χ4n) is 4.05. The highest BCUT2D eigenvalue weighted by Gasteiger charge is 2.10. The van der Waals surface area contributed by atoms with Crippen molar-refractivity contribution in [2.45, 2.75) is 26.4 Å². The molecule has 184 valence electrons. The predicted molar refractivity (Wildman–Crippen MR) is 135 cm³/mol. The van der Waals surface area contributed by atoms with Gasteiger partial charge in [-0.2, -0.15) is 0 Å². The van der Waals surface area contributed by atoms with Gasteiger partial charge in [-0.1, -0.05) is 30.3 Å². The van der Waals surface area contributed by atoms with Crippen LogP contribution in [0.25, 0.3) is 21.8 Å². The number of fused-ring (bicyclic) bond motifs is 3. The monoisotopic (exact) mass is 478 g/mol. The molecular weight excluding hydrogens is 448 g/mol. The second-order valence-corrected chi connectivity index (χ2v) is 7.84. The van der Waals surface area contributed by atoms with Gasteiger partial charge in [-0.15, -0.1) is 0 Å². The summed E-state index contributed by atoms with van der Waals surface area (Å²) in [6.07, 6.45) is 0.942. The molecule has 0 saturated heterocycles. The summed E-state index contributed by atoms with van der Waals surface area (Å²) in [6, 6.07) is 21.6. The van der Waals surface area contributed by atoms with Gasteiger partial charge in [-0.05, 0) is 61.3 Å². The topological polar surface area (TPSA) is 110 Å². The van der Waals surface area contributed by atoms with Crippen molar-refractivity contribution in [2.24, 2.45) is 0 Å². The molecule has 0 spiro atoms. The molecule has 1 aromatic heterocycles. The highest BCUT2D eigenvalue weighted by atomic mass is 16.5. The van der Waals surface area contributed by atoms with E-state index < -0.39 is 11.9 Å². The van der Waals surface area contributed by atoms with E-state index in [0.29, 0.717) is 0 Å². The van der Waals surface area contributed by atoms with Gasteiger partial charge in [-0.3, -0.25) is 0 Å². The fraction of sp³-hybridized carbons (Fsp3) is 0.259. The Morgan fingerprint density at radius 2 is 1.49 bits per heavy atom. The standard InChI is InChI=1S/C25H28N2O2.C2H2O4/c1-4-27-22-8-6-5-7-20(22)21-15-19(9-11-23(21)27)17-26-14-13-18-10-12-24(28-2)25(16-18)29-3;3-1(4)2(5)6/h5-12,15-16,26H,4,13-14,17H2,1-3H3;(H,3,4)(H,5,6). The minimum absolute atomic E-state index is 0.767. The van der Waals surface area contributed by atoms with Crippen LogP contribution in [-0.4, -0.2) is 47.5 Å². The number of methoxy groups -OCH3 is 2. The van der Waals surface area contributed by atoms with Gasteiger partial charge >= 0.3 is 11.9 Å². The molecule has 0 amide bonds. The van der Waals surface area contributed by atoms with Crippen molar-refractivity contribution in [3.8, 4) is 11.5 Å². The first kappa shape index (κ1) is 25.6. The molecule has 0 bridgehead atoms. The maximum Gasteiger partial charge on any atom is 0.414 e. The number of aryl methyl sites for hydroxylation is 1. The zero-order chi connectivity index (χ0) is 25.4. The highest BCUT2D eigenvalue weighted by molar-refractivity contribution is 6.27. The van der Waals surface area contributed by atoms with Gasteiger partial charge in [0, 0.05) is 34.9 Å². The van der Waals surface area contributed by atoms with Crippen molar-refractivity contribution in [3.63, 3.8) is 0 Å². The van der Waals surface area contributed by atoms with Gasteiger partial charge in [0.25, 0.3) is 0 Å². The minimum atomic E-state index is -1.82. The average molecular weight is 479 g/mol. The Labute approximate surface area is 203 Å². The van der Waals surface area contributed by atoms with Crippen LogP contribution in [0.15, 0.2) is 60.7 Å². The molecule has 0 aliphatic heterocycles. The summed E-state index contributed by atoms with van der Waals surface area (Å²) in [6.45, 7) is 4.95. The first-order valence-electron chi connectivity index (χ1n) is 11.3. The van der Waals surface area contributed by atoms with Crippen molar-refractivity contribution in [3.05, 3.63) is 71.8 Å². The quantitative estimate of drug-likeness (QED) is 0.256. The van der Waals surface area contributed by atoms with Crippen LogP contribution in [0.1, 0.15) is 18.1 Å². The van der Waals surface area contributed by atoms with E-state index in [2.05, 4.69) is 65.3 Å². The smallest absolute Gasteiger partial charge is 0.414 e. The molecule has 35 heavy (non-hydrogen) atoms. The average Bonchev–Trinajstić information content (AvgIpc) is 3.19. The van der Waals surface area contributed by atoms with Crippen molar-refractivity contribution >= 4 is 33.7 Å². The van der Waals surface area contributed by atoms with E-state index in [-0.39, 0.29) is 0 Å². The molecule has 1 heterocycles. The van der Waals surface area contributed by atoms with E-state index >= 15 is 0 Å². The molecule has 0 atom stereocenters. The molecule has 3 N–H and O–H groups in total. The largest absolute Gasteiger partial charge is 0.493 e. The summed E-state index contributed by atoms with van der Waals surface area (Å²) in [5.74, 6) is -2.10. The zero-order valence-corrected chi connectivity index (χ0v) is 20.1. The van der Waals surface area contributed by atoms with E-state index in [4.69, 9.17) is 29.3 Å². The maximum atomic E-state index is 9.10. The van der Waals surface area contributed by atoms with Crippen LogP contribution in [0.5, 0.6) is 11.5 Å². The molecule has 8 heteroatoms. The summed E-state index contributed by atoms with van der Waals surface area (Å²) >= 11 is 0. The Bertz CT molecular complexity index is 1320. The second kappa shape index (κ2) is 11.9. The Hall–Kier alpha value is -4.04. The molecule has 0 unspecified atom stereocenters. The molecule has 0 aliphatic carbocycles. The number of ether oxygens (including phenoxy) is 2. The number of aromatic nitrogens is 1. The molecule has 3 aromatic carbocycles. The van der Waals surface area contributed by atoms with E-state index in [1.165, 1.54) is 32.9 Å². The lowest BCUT2D eigenvalue weighted by atomic mass is 10.1. The van der Waals surface area contributed by atoms with Gasteiger partial charge in [0.2, 0.25) is 0 Å². The van der Waals surface area contributed by atoms with Gasteiger partial charge in [-0.25, -0.2) is 9.59 Å². The number of hydrogen-bond acceptors (Lipinski definition) is 5. The first-order valence-corrected chi connectivity index (χ1v) is 11.3. The number of aliphatic carboxylic acids is 2. The van der Waals surface area contributed by atoms with Crippen LogP contribution in [0.4, 0.5) is 0 Å². The number of benzene rings is 3. The normalized spacial score (nSPS) is 10.6. The van der Waals surface area contributed by atoms with Crippen molar-refractivity contribution in [2.75, 3.05) is 20.8 Å². The van der Waals surface area contributed by atoms with Crippen LogP contribution in [0, 0.1) is 0 Å². The molecule has 4 aromatic rings. The van der Waals surface area contributed by atoms with Gasteiger partial charge < -0.3 is 29.6 Å². The molecule has 0 fully saturated rings. The third-order valence-electron chi connectivity index (χ3n) is 5.70. The summed E-state index contributed by atoms with van der Waals surface area (Å²) < 4.78 is 13.1. The number of hydrogen-bond donors (Lipinski definition) is 3. The third kappa shape index (κ3) is 6.10. The summed E-state index contributed by atoms with van der Waals surface area (Å²) in [5, 5.41) is 21.0. The Morgan fingerprint density at radius 3 is 2.14 bits per heavy atom. The van der Waals surface area contributed by atoms with Crippen molar-refractivity contribution in [1.82, 2.24) is 9.88 Å². The molecular formula is C27H30N2O6. The number of nitrogens with zero attached hydrogens (tertiary/aromatic N) is 1. The predicted octanol–water partition coefficient (Wildman–Crippen LogP) is 4.32. The third-order valence-corrected chi connectivity index (χ3v) is 5.70. The van der Waals surface area contributed by atoms with Crippen LogP contribution in [0.2, 0.25) is 0 Å². The van der Waals surface area contributed by atoms with E-state index in [1.54, 1.807) is 14.2 Å². The van der Waals surface area contributed by atoms with Crippen molar-refractivity contribution in [1.29, 1.82) is 0 Å². The SMILES string of the molecule is CCn1c2ccccc2c2cc(CNCCc3ccc(OC)c(OC)c3)ccc21.O=C(O)C(=O)O.